The molecule has 1 aliphatic heterocycles. The van der Waals surface area contributed by atoms with Gasteiger partial charge in [0.15, 0.2) is 0 Å². The fourth-order valence-corrected chi connectivity index (χ4v) is 2.94. The van der Waals surface area contributed by atoms with E-state index in [2.05, 4.69) is 0 Å². The Bertz CT molecular complexity index is 752. The summed E-state index contributed by atoms with van der Waals surface area (Å²) in [7, 11) is 1.64. The summed E-state index contributed by atoms with van der Waals surface area (Å²) >= 11 is 0. The van der Waals surface area contributed by atoms with Crippen LogP contribution in [0.15, 0.2) is 42.5 Å². The summed E-state index contributed by atoms with van der Waals surface area (Å²) in [5, 5.41) is 0. The second-order valence-corrected chi connectivity index (χ2v) is 6.58. The van der Waals surface area contributed by atoms with Crippen molar-refractivity contribution in [2.75, 3.05) is 13.7 Å². The molecule has 1 unspecified atom stereocenters. The Balaban J connectivity index is 1.97. The first kappa shape index (κ1) is 16.2. The molecular weight excluding hydrogens is 306 g/mol. The molecule has 0 saturated carbocycles. The number of carbonyl (C=O) groups excluding carboxylic acids is 1. The summed E-state index contributed by atoms with van der Waals surface area (Å²) < 4.78 is 16.4. The van der Waals surface area contributed by atoms with Crippen LogP contribution in [0.3, 0.4) is 0 Å². The molecular formula is C19H21NO4. The molecule has 0 bridgehead atoms. The number of amides is 1. The quantitative estimate of drug-likeness (QED) is 0.927. The fraction of sp³-hybridized carbons (Fsp3) is 0.316. The zero-order chi connectivity index (χ0) is 17.3. The number of ether oxygens (including phenoxy) is 3. The molecule has 0 spiro atoms. The molecule has 2 N–H and O–H groups in total. The van der Waals surface area contributed by atoms with Gasteiger partial charge >= 0.3 is 6.09 Å². The van der Waals surface area contributed by atoms with Crippen LogP contribution in [0.4, 0.5) is 4.79 Å². The van der Waals surface area contributed by atoms with Crippen molar-refractivity contribution in [3.8, 4) is 22.6 Å². The lowest BCUT2D eigenvalue weighted by Crippen LogP contribution is -2.37. The van der Waals surface area contributed by atoms with E-state index >= 15 is 0 Å². The summed E-state index contributed by atoms with van der Waals surface area (Å²) in [6.45, 7) is 4.42. The van der Waals surface area contributed by atoms with Gasteiger partial charge in [0.25, 0.3) is 0 Å². The van der Waals surface area contributed by atoms with Gasteiger partial charge in [-0.1, -0.05) is 38.1 Å². The van der Waals surface area contributed by atoms with E-state index < -0.39 is 12.2 Å². The monoisotopic (exact) mass is 327 g/mol. The molecule has 3 rings (SSSR count). The average Bonchev–Trinajstić information content (AvgIpc) is 2.57. The molecule has 1 amide bonds. The molecule has 2 aromatic carbocycles. The van der Waals surface area contributed by atoms with Crippen LogP contribution in [0.1, 0.15) is 25.5 Å². The number of fused-ring (bicyclic) bond motifs is 1. The molecule has 0 aromatic heterocycles. The van der Waals surface area contributed by atoms with E-state index in [0.29, 0.717) is 12.4 Å². The number of rotatable bonds is 3. The minimum absolute atomic E-state index is 0.344. The highest BCUT2D eigenvalue weighted by Crippen LogP contribution is 2.46. The zero-order valence-corrected chi connectivity index (χ0v) is 14.0. The van der Waals surface area contributed by atoms with Gasteiger partial charge in [0.1, 0.15) is 17.6 Å². The Kier molecular flexibility index (Phi) is 4.09. The van der Waals surface area contributed by atoms with Gasteiger partial charge in [-0.2, -0.15) is 0 Å². The maximum Gasteiger partial charge on any atom is 0.405 e. The molecule has 5 heteroatoms. The lowest BCUT2D eigenvalue weighted by Gasteiger charge is -2.38. The van der Waals surface area contributed by atoms with Crippen molar-refractivity contribution in [1.82, 2.24) is 0 Å². The van der Waals surface area contributed by atoms with E-state index in [0.717, 1.165) is 22.4 Å². The van der Waals surface area contributed by atoms with Crippen molar-refractivity contribution in [2.45, 2.75) is 20.0 Å². The third-order valence-corrected chi connectivity index (χ3v) is 4.26. The van der Waals surface area contributed by atoms with Crippen LogP contribution in [-0.2, 0) is 4.74 Å². The molecule has 0 aliphatic carbocycles. The van der Waals surface area contributed by atoms with E-state index in [4.69, 9.17) is 19.9 Å². The summed E-state index contributed by atoms with van der Waals surface area (Å²) in [6, 6.07) is 13.7. The molecule has 2 aromatic rings. The SMILES string of the molecule is COc1ccc(-c2ccc3c(c2)OCC(C)(C)C3OC(N)=O)cc1. The minimum atomic E-state index is -0.778. The summed E-state index contributed by atoms with van der Waals surface area (Å²) in [5.41, 5.74) is 7.81. The van der Waals surface area contributed by atoms with E-state index in [1.54, 1.807) is 7.11 Å². The van der Waals surface area contributed by atoms with Gasteiger partial charge in [-0.3, -0.25) is 0 Å². The van der Waals surface area contributed by atoms with Gasteiger partial charge in [0, 0.05) is 11.0 Å². The first-order chi connectivity index (χ1) is 11.4. The maximum atomic E-state index is 11.3. The zero-order valence-electron chi connectivity index (χ0n) is 14.0. The van der Waals surface area contributed by atoms with Crippen LogP contribution in [0.5, 0.6) is 11.5 Å². The van der Waals surface area contributed by atoms with Crippen molar-refractivity contribution in [3.05, 3.63) is 48.0 Å². The van der Waals surface area contributed by atoms with Crippen LogP contribution in [0.25, 0.3) is 11.1 Å². The topological polar surface area (TPSA) is 70.8 Å². The number of hydrogen-bond acceptors (Lipinski definition) is 4. The summed E-state index contributed by atoms with van der Waals surface area (Å²) in [5.74, 6) is 1.53. The van der Waals surface area contributed by atoms with Gasteiger partial charge in [-0.25, -0.2) is 4.79 Å². The predicted octanol–water partition coefficient (Wildman–Crippen LogP) is 3.92. The smallest absolute Gasteiger partial charge is 0.405 e. The number of nitrogens with two attached hydrogens (primary N) is 1. The average molecular weight is 327 g/mol. The Morgan fingerprint density at radius 2 is 1.83 bits per heavy atom. The molecule has 1 heterocycles. The van der Waals surface area contributed by atoms with Gasteiger partial charge < -0.3 is 19.9 Å². The summed E-state index contributed by atoms with van der Waals surface area (Å²) in [6.07, 6.45) is -1.20. The number of hydrogen-bond donors (Lipinski definition) is 1. The highest BCUT2D eigenvalue weighted by atomic mass is 16.6. The standard InChI is InChI=1S/C19H21NO4/c1-19(2)11-23-16-10-13(12-4-7-14(22-3)8-5-12)6-9-15(16)17(19)24-18(20)21/h4-10,17H,11H2,1-3H3,(H2,20,21). The van der Waals surface area contributed by atoms with Gasteiger partial charge in [-0.05, 0) is 29.3 Å². The minimum Gasteiger partial charge on any atom is -0.497 e. The van der Waals surface area contributed by atoms with Crippen molar-refractivity contribution >= 4 is 6.09 Å². The Hall–Kier alpha value is -2.69. The Labute approximate surface area is 141 Å². The highest BCUT2D eigenvalue weighted by Gasteiger charge is 2.40. The van der Waals surface area contributed by atoms with Crippen molar-refractivity contribution in [3.63, 3.8) is 0 Å². The van der Waals surface area contributed by atoms with Crippen LogP contribution in [0, 0.1) is 5.41 Å². The first-order valence-corrected chi connectivity index (χ1v) is 7.78. The van der Waals surface area contributed by atoms with Crippen LogP contribution >= 0.6 is 0 Å². The molecule has 126 valence electrons. The Morgan fingerprint density at radius 1 is 1.17 bits per heavy atom. The Morgan fingerprint density at radius 3 is 2.46 bits per heavy atom. The molecule has 1 atom stereocenters. The number of primary amides is 1. The summed E-state index contributed by atoms with van der Waals surface area (Å²) in [4.78, 5) is 11.3. The first-order valence-electron chi connectivity index (χ1n) is 7.78. The van der Waals surface area contributed by atoms with Crippen LogP contribution in [-0.4, -0.2) is 19.8 Å². The van der Waals surface area contributed by atoms with Crippen molar-refractivity contribution in [1.29, 1.82) is 0 Å². The molecule has 1 aliphatic rings. The van der Waals surface area contributed by atoms with Crippen molar-refractivity contribution in [2.24, 2.45) is 11.1 Å². The third kappa shape index (κ3) is 3.02. The number of methoxy groups -OCH3 is 1. The largest absolute Gasteiger partial charge is 0.497 e. The number of benzene rings is 2. The molecule has 0 radical (unpaired) electrons. The highest BCUT2D eigenvalue weighted by molar-refractivity contribution is 5.68. The van der Waals surface area contributed by atoms with Gasteiger partial charge in [0.05, 0.1) is 13.7 Å². The second-order valence-electron chi connectivity index (χ2n) is 6.58. The van der Waals surface area contributed by atoms with E-state index in [-0.39, 0.29) is 5.41 Å². The molecule has 24 heavy (non-hydrogen) atoms. The maximum absolute atomic E-state index is 11.3. The molecule has 0 fully saturated rings. The lowest BCUT2D eigenvalue weighted by atomic mass is 9.80. The lowest BCUT2D eigenvalue weighted by molar-refractivity contribution is -0.0176. The second kappa shape index (κ2) is 6.07. The van der Waals surface area contributed by atoms with E-state index in [1.807, 2.05) is 56.3 Å². The van der Waals surface area contributed by atoms with Gasteiger partial charge in [-0.15, -0.1) is 0 Å². The van der Waals surface area contributed by atoms with Crippen LogP contribution in [0.2, 0.25) is 0 Å². The van der Waals surface area contributed by atoms with Crippen molar-refractivity contribution < 1.29 is 19.0 Å². The number of carbonyl (C=O) groups is 1. The fourth-order valence-electron chi connectivity index (χ4n) is 2.94. The predicted molar refractivity (Wildman–Crippen MR) is 91.1 cm³/mol. The van der Waals surface area contributed by atoms with Gasteiger partial charge in [0.2, 0.25) is 0 Å². The van der Waals surface area contributed by atoms with Crippen LogP contribution < -0.4 is 15.2 Å². The molecule has 5 nitrogen and oxygen atoms in total. The normalized spacial score (nSPS) is 18.2. The third-order valence-electron chi connectivity index (χ3n) is 4.26. The van der Waals surface area contributed by atoms with E-state index in [9.17, 15) is 4.79 Å². The van der Waals surface area contributed by atoms with E-state index in [1.165, 1.54) is 0 Å². The molecule has 0 saturated heterocycles.